The topological polar surface area (TPSA) is 115 Å². The number of methoxy groups -OCH3 is 1. The van der Waals surface area contributed by atoms with Gasteiger partial charge >= 0.3 is 11.9 Å². The van der Waals surface area contributed by atoms with Crippen LogP contribution in [0.1, 0.15) is 39.0 Å². The summed E-state index contributed by atoms with van der Waals surface area (Å²) in [6.07, 6.45) is 5.75. The fourth-order valence-electron chi connectivity index (χ4n) is 1.60. The highest BCUT2D eigenvalue weighted by Crippen LogP contribution is 2.13. The molecule has 2 saturated heterocycles. The molecule has 186 valence electrons. The minimum Gasteiger partial charge on any atom is -0.466 e. The Morgan fingerprint density at radius 1 is 1.29 bits per heavy atom. The van der Waals surface area contributed by atoms with Gasteiger partial charge in [0, 0.05) is 46.5 Å². The number of aliphatic hydroxyl groups is 1. The van der Waals surface area contributed by atoms with Crippen LogP contribution in [0.2, 0.25) is 0 Å². The molecule has 0 radical (unpaired) electrons. The molecule has 0 spiro atoms. The van der Waals surface area contributed by atoms with Gasteiger partial charge in [0.25, 0.3) is 0 Å². The molecule has 31 heavy (non-hydrogen) atoms. The zero-order chi connectivity index (χ0) is 24.5. The van der Waals surface area contributed by atoms with E-state index < -0.39 is 0 Å². The maximum atomic E-state index is 10.8. The molecule has 11 heteroatoms. The first-order chi connectivity index (χ1) is 14.8. The van der Waals surface area contributed by atoms with Crippen molar-refractivity contribution in [2.45, 2.75) is 50.0 Å². The first-order valence-corrected chi connectivity index (χ1v) is 12.0. The van der Waals surface area contributed by atoms with Crippen molar-refractivity contribution in [2.24, 2.45) is 0 Å². The Kier molecular flexibility index (Phi) is 30.7. The number of hydrogen-bond acceptors (Lipinski definition) is 8. The number of alkyl halides is 2. The second-order valence-electron chi connectivity index (χ2n) is 6.21. The van der Waals surface area contributed by atoms with Crippen molar-refractivity contribution in [3.05, 3.63) is 0 Å². The second-order valence-corrected chi connectivity index (χ2v) is 8.11. The fourth-order valence-corrected chi connectivity index (χ4v) is 2.31. The van der Waals surface area contributed by atoms with Crippen molar-refractivity contribution in [1.29, 1.82) is 0 Å². The van der Waals surface area contributed by atoms with Crippen LogP contribution >= 0.6 is 31.9 Å². The molecule has 0 aromatic carbocycles. The van der Waals surface area contributed by atoms with Gasteiger partial charge in [-0.25, -0.2) is 0 Å². The molecular formula is C20H39Br2NO8. The highest BCUT2D eigenvalue weighted by molar-refractivity contribution is 9.10. The Balaban J connectivity index is -0.000000342. The van der Waals surface area contributed by atoms with Crippen LogP contribution in [-0.2, 0) is 33.3 Å². The van der Waals surface area contributed by atoms with Crippen molar-refractivity contribution in [2.75, 3.05) is 60.1 Å². The molecule has 1 N–H and O–H groups in total. The van der Waals surface area contributed by atoms with E-state index in [1.54, 1.807) is 21.2 Å². The van der Waals surface area contributed by atoms with Crippen LogP contribution in [0, 0.1) is 0 Å². The fraction of sp³-hybridized carbons (Fsp3) is 0.850. The molecule has 0 aromatic heterocycles. The van der Waals surface area contributed by atoms with Crippen molar-refractivity contribution < 1.29 is 38.4 Å². The SMILES string of the molecule is CCOC(=O)CCCCCBr.CN(C)C=O.CO.COCC1CO1.O=C1OCCC1Br. The quantitative estimate of drug-likeness (QED) is 0.145. The molecule has 0 saturated carbocycles. The van der Waals surface area contributed by atoms with Gasteiger partial charge in [-0.1, -0.05) is 38.3 Å². The van der Waals surface area contributed by atoms with E-state index >= 15 is 0 Å². The molecule has 1 amide bonds. The van der Waals surface area contributed by atoms with Gasteiger partial charge < -0.3 is 29.0 Å². The van der Waals surface area contributed by atoms with E-state index in [9.17, 15) is 14.4 Å². The summed E-state index contributed by atoms with van der Waals surface area (Å²) in [7, 11) is 6.06. The summed E-state index contributed by atoms with van der Waals surface area (Å²) >= 11 is 6.46. The predicted molar refractivity (Wildman–Crippen MR) is 127 cm³/mol. The summed E-state index contributed by atoms with van der Waals surface area (Å²) in [6.45, 7) is 4.57. The number of carbonyl (C=O) groups is 3. The van der Waals surface area contributed by atoms with Crippen LogP contribution in [0.5, 0.6) is 0 Å². The van der Waals surface area contributed by atoms with Crippen LogP contribution in [0.25, 0.3) is 0 Å². The van der Waals surface area contributed by atoms with Gasteiger partial charge in [0.05, 0.1) is 26.4 Å². The lowest BCUT2D eigenvalue weighted by molar-refractivity contribution is -0.143. The number of cyclic esters (lactones) is 1. The number of rotatable bonds is 9. The van der Waals surface area contributed by atoms with Gasteiger partial charge in [-0.05, 0) is 19.8 Å². The summed E-state index contributed by atoms with van der Waals surface area (Å²) in [5, 5.41) is 8.02. The van der Waals surface area contributed by atoms with E-state index in [-0.39, 0.29) is 16.8 Å². The first-order valence-electron chi connectivity index (χ1n) is 10.0. The smallest absolute Gasteiger partial charge is 0.319 e. The number of epoxide rings is 1. The number of unbranched alkanes of at least 4 members (excludes halogenated alkanes) is 2. The highest BCUT2D eigenvalue weighted by Gasteiger charge is 2.22. The first kappa shape index (κ1) is 34.9. The maximum absolute atomic E-state index is 10.8. The minimum atomic E-state index is -0.125. The Bertz CT molecular complexity index is 424. The lowest BCUT2D eigenvalue weighted by Crippen LogP contribution is -2.06. The Morgan fingerprint density at radius 2 is 1.87 bits per heavy atom. The third-order valence-corrected chi connectivity index (χ3v) is 4.55. The van der Waals surface area contributed by atoms with E-state index in [1.165, 1.54) is 4.90 Å². The van der Waals surface area contributed by atoms with E-state index in [0.717, 1.165) is 57.7 Å². The molecule has 2 rings (SSSR count). The van der Waals surface area contributed by atoms with Gasteiger partial charge in [0.2, 0.25) is 6.41 Å². The molecule has 2 fully saturated rings. The molecule has 9 nitrogen and oxygen atoms in total. The minimum absolute atomic E-state index is 0.0347. The number of ether oxygens (including phenoxy) is 4. The molecule has 0 aromatic rings. The Morgan fingerprint density at radius 3 is 2.13 bits per heavy atom. The third kappa shape index (κ3) is 31.5. The van der Waals surface area contributed by atoms with Crippen LogP contribution in [0.3, 0.4) is 0 Å². The van der Waals surface area contributed by atoms with Crippen LogP contribution < -0.4 is 0 Å². The molecule has 2 unspecified atom stereocenters. The van der Waals surface area contributed by atoms with Crippen molar-refractivity contribution in [3.63, 3.8) is 0 Å². The summed E-state index contributed by atoms with van der Waals surface area (Å²) in [5.74, 6) is -0.193. The van der Waals surface area contributed by atoms with Gasteiger partial charge in [-0.3, -0.25) is 14.4 Å². The molecular weight excluding hydrogens is 542 g/mol. The zero-order valence-electron chi connectivity index (χ0n) is 19.3. The van der Waals surface area contributed by atoms with E-state index in [0.29, 0.717) is 25.7 Å². The normalized spacial score (nSPS) is 17.5. The lowest BCUT2D eigenvalue weighted by atomic mass is 10.2. The van der Waals surface area contributed by atoms with E-state index in [4.69, 9.17) is 19.3 Å². The standard InChI is InChI=1S/C8H15BrO2.C4H5BrO2.C4H8O2.C3H7NO.CH4O/c1-2-11-8(10)6-4-3-5-7-9;5-3-1-2-7-4(3)6;1-5-2-4-3-6-4;1-4(2)3-5;1-2/h2-7H2,1H3;3H,1-2H2;4H,2-3H2,1H3;3H,1-2H3;2H,1H3. The summed E-state index contributed by atoms with van der Waals surface area (Å²) in [4.78, 5) is 31.9. The monoisotopic (exact) mass is 579 g/mol. The number of hydrogen-bond donors (Lipinski definition) is 1. The van der Waals surface area contributed by atoms with Gasteiger partial charge in [0.1, 0.15) is 10.9 Å². The van der Waals surface area contributed by atoms with Crippen molar-refractivity contribution in [3.8, 4) is 0 Å². The van der Waals surface area contributed by atoms with Crippen LogP contribution in [0.15, 0.2) is 0 Å². The van der Waals surface area contributed by atoms with E-state index in [2.05, 4.69) is 36.6 Å². The maximum Gasteiger partial charge on any atom is 0.319 e. The number of nitrogens with zero attached hydrogens (tertiary/aromatic N) is 1. The lowest BCUT2D eigenvalue weighted by Gasteiger charge is -1.99. The summed E-state index contributed by atoms with van der Waals surface area (Å²) < 4.78 is 18.9. The van der Waals surface area contributed by atoms with Gasteiger partial charge in [-0.15, -0.1) is 0 Å². The van der Waals surface area contributed by atoms with Gasteiger partial charge in [0.15, 0.2) is 0 Å². The predicted octanol–water partition coefficient (Wildman–Crippen LogP) is 2.55. The molecule has 2 heterocycles. The Labute approximate surface area is 203 Å². The number of halogens is 2. The number of carbonyl (C=O) groups excluding carboxylic acids is 3. The second kappa shape index (κ2) is 27.3. The van der Waals surface area contributed by atoms with E-state index in [1.807, 2.05) is 6.92 Å². The number of esters is 2. The summed E-state index contributed by atoms with van der Waals surface area (Å²) in [6, 6.07) is 0. The molecule has 2 atom stereocenters. The van der Waals surface area contributed by atoms with Crippen LogP contribution in [0.4, 0.5) is 0 Å². The van der Waals surface area contributed by atoms with Gasteiger partial charge in [-0.2, -0.15) is 0 Å². The van der Waals surface area contributed by atoms with Crippen molar-refractivity contribution >= 4 is 50.2 Å². The molecule has 0 bridgehead atoms. The van der Waals surface area contributed by atoms with Crippen molar-refractivity contribution in [1.82, 2.24) is 4.90 Å². The molecule has 2 aliphatic rings. The third-order valence-electron chi connectivity index (χ3n) is 3.16. The number of aliphatic hydroxyl groups excluding tert-OH is 1. The van der Waals surface area contributed by atoms with Crippen LogP contribution in [-0.4, -0.2) is 99.4 Å². The number of amides is 1. The average molecular weight is 581 g/mol. The zero-order valence-corrected chi connectivity index (χ0v) is 22.5. The molecule has 0 aliphatic carbocycles. The molecule has 2 aliphatic heterocycles. The largest absolute Gasteiger partial charge is 0.466 e. The average Bonchev–Trinajstić information content (AvgIpc) is 3.51. The highest BCUT2D eigenvalue weighted by atomic mass is 79.9. The summed E-state index contributed by atoms with van der Waals surface area (Å²) in [5.41, 5.74) is 0. The Hall–Kier alpha value is -0.750.